The van der Waals surface area contributed by atoms with E-state index in [-0.39, 0.29) is 17.4 Å². The van der Waals surface area contributed by atoms with E-state index in [4.69, 9.17) is 5.73 Å². The van der Waals surface area contributed by atoms with Gasteiger partial charge in [0.25, 0.3) is 5.91 Å². The molecule has 0 spiro atoms. The number of halogens is 3. The summed E-state index contributed by atoms with van der Waals surface area (Å²) in [4.78, 5) is 26.4. The lowest BCUT2D eigenvalue weighted by molar-refractivity contribution is -0.137. The van der Waals surface area contributed by atoms with E-state index in [1.165, 1.54) is 27.8 Å². The lowest BCUT2D eigenvalue weighted by Gasteiger charge is -2.30. The van der Waals surface area contributed by atoms with Gasteiger partial charge < -0.3 is 10.6 Å². The molecule has 1 unspecified atom stereocenters. The third-order valence-electron chi connectivity index (χ3n) is 4.47. The average molecular weight is 380 g/mol. The molecule has 1 atom stereocenters. The average Bonchev–Trinajstić information content (AvgIpc) is 2.61. The molecule has 1 saturated heterocycles. The Morgan fingerprint density at radius 2 is 2.04 bits per heavy atom. The van der Waals surface area contributed by atoms with Crippen molar-refractivity contribution >= 4 is 5.91 Å². The second-order valence-corrected chi connectivity index (χ2v) is 6.61. The number of benzene rings is 1. The first-order chi connectivity index (χ1) is 12.7. The topological polar surface area (TPSA) is 81.2 Å². The molecule has 1 aliphatic heterocycles. The van der Waals surface area contributed by atoms with Crippen LogP contribution in [0, 0.1) is 6.92 Å². The normalized spacial score (nSPS) is 17.8. The summed E-state index contributed by atoms with van der Waals surface area (Å²) >= 11 is 0. The number of alkyl halides is 3. The van der Waals surface area contributed by atoms with Crippen molar-refractivity contribution in [1.82, 2.24) is 14.7 Å². The third kappa shape index (κ3) is 4.02. The maximum Gasteiger partial charge on any atom is 0.416 e. The van der Waals surface area contributed by atoms with Gasteiger partial charge in [-0.05, 0) is 38.0 Å². The van der Waals surface area contributed by atoms with Crippen molar-refractivity contribution in [3.05, 3.63) is 57.5 Å². The first kappa shape index (κ1) is 19.1. The molecule has 2 N–H and O–H groups in total. The van der Waals surface area contributed by atoms with E-state index < -0.39 is 23.1 Å². The molecule has 0 bridgehead atoms. The molecule has 9 heteroatoms. The standard InChI is InChI=1S/C18H19F3N4O2/c1-11-8-15(26)16(17(27)24-7-3-5-13(22)10-24)23-25(11)14-6-2-4-12(9-14)18(19,20)21/h2,4,6,8-9,13H,3,5,7,10,22H2,1H3. The predicted octanol–water partition coefficient (Wildman–Crippen LogP) is 2.12. The van der Waals surface area contributed by atoms with Crippen molar-refractivity contribution in [2.75, 3.05) is 13.1 Å². The summed E-state index contributed by atoms with van der Waals surface area (Å²) in [7, 11) is 0. The number of amides is 1. The minimum Gasteiger partial charge on any atom is -0.336 e. The number of hydrogen-bond donors (Lipinski definition) is 1. The van der Waals surface area contributed by atoms with Gasteiger partial charge in [-0.15, -0.1) is 0 Å². The molecule has 2 aromatic rings. The second-order valence-electron chi connectivity index (χ2n) is 6.61. The van der Waals surface area contributed by atoms with Crippen LogP contribution < -0.4 is 11.2 Å². The smallest absolute Gasteiger partial charge is 0.336 e. The highest BCUT2D eigenvalue weighted by atomic mass is 19.4. The van der Waals surface area contributed by atoms with E-state index in [9.17, 15) is 22.8 Å². The van der Waals surface area contributed by atoms with Gasteiger partial charge in [0.1, 0.15) is 0 Å². The number of carbonyl (C=O) groups is 1. The van der Waals surface area contributed by atoms with Crippen molar-refractivity contribution in [2.45, 2.75) is 32.0 Å². The highest BCUT2D eigenvalue weighted by molar-refractivity contribution is 5.92. The van der Waals surface area contributed by atoms with Crippen LogP contribution in [-0.2, 0) is 6.18 Å². The van der Waals surface area contributed by atoms with Crippen molar-refractivity contribution in [2.24, 2.45) is 5.73 Å². The summed E-state index contributed by atoms with van der Waals surface area (Å²) < 4.78 is 40.1. The molecule has 1 aliphatic rings. The summed E-state index contributed by atoms with van der Waals surface area (Å²) in [5.74, 6) is -0.559. The third-order valence-corrected chi connectivity index (χ3v) is 4.47. The highest BCUT2D eigenvalue weighted by Crippen LogP contribution is 2.30. The summed E-state index contributed by atoms with van der Waals surface area (Å²) in [6, 6.07) is 5.59. The van der Waals surface area contributed by atoms with Gasteiger partial charge in [-0.25, -0.2) is 4.68 Å². The summed E-state index contributed by atoms with van der Waals surface area (Å²) in [5.41, 5.74) is 4.59. The quantitative estimate of drug-likeness (QED) is 0.865. The van der Waals surface area contributed by atoms with Gasteiger partial charge in [0.2, 0.25) is 5.43 Å². The highest BCUT2D eigenvalue weighted by Gasteiger charge is 2.31. The van der Waals surface area contributed by atoms with E-state index in [1.54, 1.807) is 6.92 Å². The minimum atomic E-state index is -4.51. The number of likely N-dealkylation sites (tertiary alicyclic amines) is 1. The molecular weight excluding hydrogens is 361 g/mol. The van der Waals surface area contributed by atoms with Gasteiger partial charge >= 0.3 is 6.18 Å². The second kappa shape index (κ2) is 7.15. The van der Waals surface area contributed by atoms with Crippen molar-refractivity contribution in [3.8, 4) is 5.69 Å². The fourth-order valence-electron chi connectivity index (χ4n) is 3.12. The molecule has 1 aromatic carbocycles. The zero-order chi connectivity index (χ0) is 19.8. The molecule has 3 rings (SSSR count). The van der Waals surface area contributed by atoms with Crippen LogP contribution in [0.25, 0.3) is 5.69 Å². The van der Waals surface area contributed by atoms with Gasteiger partial charge in [-0.1, -0.05) is 6.07 Å². The number of nitrogens with two attached hydrogens (primary N) is 1. The summed E-state index contributed by atoms with van der Waals surface area (Å²) in [5, 5.41) is 4.07. The number of aromatic nitrogens is 2. The predicted molar refractivity (Wildman–Crippen MR) is 92.7 cm³/mol. The zero-order valence-electron chi connectivity index (χ0n) is 14.7. The Kier molecular flexibility index (Phi) is 5.05. The van der Waals surface area contributed by atoms with Crippen LogP contribution >= 0.6 is 0 Å². The van der Waals surface area contributed by atoms with E-state index in [2.05, 4.69) is 5.10 Å². The van der Waals surface area contributed by atoms with Crippen LogP contribution in [0.1, 0.15) is 34.6 Å². The minimum absolute atomic E-state index is 0.117. The molecule has 2 heterocycles. The van der Waals surface area contributed by atoms with Crippen LogP contribution in [0.3, 0.4) is 0 Å². The van der Waals surface area contributed by atoms with E-state index in [0.717, 1.165) is 25.0 Å². The van der Waals surface area contributed by atoms with Gasteiger partial charge in [-0.3, -0.25) is 9.59 Å². The van der Waals surface area contributed by atoms with Crippen molar-refractivity contribution in [3.63, 3.8) is 0 Å². The summed E-state index contributed by atoms with van der Waals surface area (Å²) in [6.07, 6.45) is -2.99. The first-order valence-corrected chi connectivity index (χ1v) is 8.50. The van der Waals surface area contributed by atoms with Gasteiger partial charge in [0.05, 0.1) is 11.3 Å². The molecule has 0 aliphatic carbocycles. The number of nitrogens with zero attached hydrogens (tertiary/aromatic N) is 3. The number of piperidine rings is 1. The molecule has 1 aromatic heterocycles. The first-order valence-electron chi connectivity index (χ1n) is 8.50. The molecular formula is C18H19F3N4O2. The maximum atomic E-state index is 13.0. The van der Waals surface area contributed by atoms with Crippen LogP contribution in [0.15, 0.2) is 35.1 Å². The van der Waals surface area contributed by atoms with Crippen LogP contribution in [0.5, 0.6) is 0 Å². The molecule has 1 amide bonds. The lowest BCUT2D eigenvalue weighted by atomic mass is 10.1. The number of carbonyl (C=O) groups excluding carboxylic acids is 1. The maximum absolute atomic E-state index is 13.0. The van der Waals surface area contributed by atoms with E-state index in [1.807, 2.05) is 0 Å². The summed E-state index contributed by atoms with van der Waals surface area (Å²) in [6.45, 7) is 2.32. The Hall–Kier alpha value is -2.68. The van der Waals surface area contributed by atoms with Gasteiger partial charge in [0, 0.05) is 30.9 Å². The van der Waals surface area contributed by atoms with Crippen LogP contribution in [-0.4, -0.2) is 39.7 Å². The largest absolute Gasteiger partial charge is 0.416 e. The van der Waals surface area contributed by atoms with E-state index >= 15 is 0 Å². The fraction of sp³-hybridized carbons (Fsp3) is 0.389. The Balaban J connectivity index is 2.02. The Morgan fingerprint density at radius 3 is 2.70 bits per heavy atom. The van der Waals surface area contributed by atoms with Gasteiger partial charge in [-0.2, -0.15) is 18.3 Å². The fourth-order valence-corrected chi connectivity index (χ4v) is 3.12. The number of aryl methyl sites for hydroxylation is 1. The monoisotopic (exact) mass is 380 g/mol. The molecule has 0 radical (unpaired) electrons. The van der Waals surface area contributed by atoms with Gasteiger partial charge in [0.15, 0.2) is 5.69 Å². The lowest BCUT2D eigenvalue weighted by Crippen LogP contribution is -2.47. The zero-order valence-corrected chi connectivity index (χ0v) is 14.7. The Bertz CT molecular complexity index is 924. The molecule has 6 nitrogen and oxygen atoms in total. The SMILES string of the molecule is Cc1cc(=O)c(C(=O)N2CCCC(N)C2)nn1-c1cccc(C(F)(F)F)c1. The molecule has 1 fully saturated rings. The van der Waals surface area contributed by atoms with E-state index in [0.29, 0.717) is 18.8 Å². The Labute approximate surface area is 153 Å². The van der Waals surface area contributed by atoms with Crippen LogP contribution in [0.2, 0.25) is 0 Å². The molecule has 144 valence electrons. The van der Waals surface area contributed by atoms with Crippen molar-refractivity contribution in [1.29, 1.82) is 0 Å². The van der Waals surface area contributed by atoms with Crippen molar-refractivity contribution < 1.29 is 18.0 Å². The number of rotatable bonds is 2. The van der Waals surface area contributed by atoms with Crippen LogP contribution in [0.4, 0.5) is 13.2 Å². The molecule has 0 saturated carbocycles. The Morgan fingerprint density at radius 1 is 1.30 bits per heavy atom. The molecule has 27 heavy (non-hydrogen) atoms. The number of hydrogen-bond acceptors (Lipinski definition) is 4.